The van der Waals surface area contributed by atoms with Crippen LogP contribution in [0.5, 0.6) is 0 Å². The van der Waals surface area contributed by atoms with E-state index in [1.54, 1.807) is 0 Å². The number of hydrogen-bond acceptors (Lipinski definition) is 2. The molecule has 1 fully saturated rings. The van der Waals surface area contributed by atoms with E-state index in [1.807, 2.05) is 19.6 Å². The molecule has 0 aliphatic heterocycles. The van der Waals surface area contributed by atoms with Gasteiger partial charge in [-0.25, -0.2) is 4.98 Å². The third kappa shape index (κ3) is 2.46. The number of nitrogens with one attached hydrogen (secondary N) is 1. The van der Waals surface area contributed by atoms with Crippen LogP contribution in [0.25, 0.3) is 0 Å². The second-order valence-corrected chi connectivity index (χ2v) is 6.34. The normalized spacial score (nSPS) is 19.3. The van der Waals surface area contributed by atoms with Crippen LogP contribution < -0.4 is 5.32 Å². The lowest BCUT2D eigenvalue weighted by Crippen LogP contribution is -2.36. The summed E-state index contributed by atoms with van der Waals surface area (Å²) in [4.78, 5) is 4.37. The molecule has 1 aromatic heterocycles. The molecule has 1 aromatic rings. The second-order valence-electron chi connectivity index (χ2n) is 6.34. The van der Waals surface area contributed by atoms with Crippen LogP contribution in [-0.4, -0.2) is 16.6 Å². The summed E-state index contributed by atoms with van der Waals surface area (Å²) in [7, 11) is 2.02. The molecular weight excluding hydrogens is 222 g/mol. The maximum atomic E-state index is 4.37. The molecule has 0 radical (unpaired) electrons. The monoisotopic (exact) mass is 249 g/mol. The van der Waals surface area contributed by atoms with E-state index >= 15 is 0 Å². The SMILES string of the molecule is CCC1(Cn2cncc2C(C)(C)NC)CCCC1. The zero-order valence-electron chi connectivity index (χ0n) is 12.3. The van der Waals surface area contributed by atoms with Crippen LogP contribution in [0.4, 0.5) is 0 Å². The maximum absolute atomic E-state index is 4.37. The van der Waals surface area contributed by atoms with Crippen LogP contribution in [0.3, 0.4) is 0 Å². The first kappa shape index (κ1) is 13.6. The minimum atomic E-state index is -0.00989. The summed E-state index contributed by atoms with van der Waals surface area (Å²) in [6, 6.07) is 0. The summed E-state index contributed by atoms with van der Waals surface area (Å²) >= 11 is 0. The highest BCUT2D eigenvalue weighted by molar-refractivity contribution is 5.11. The number of imidazole rings is 1. The highest BCUT2D eigenvalue weighted by atomic mass is 15.1. The molecule has 0 amide bonds. The van der Waals surface area contributed by atoms with Crippen molar-refractivity contribution in [3.63, 3.8) is 0 Å². The molecule has 0 aromatic carbocycles. The van der Waals surface area contributed by atoms with Crippen molar-refractivity contribution in [1.29, 1.82) is 0 Å². The van der Waals surface area contributed by atoms with Gasteiger partial charge in [0.1, 0.15) is 0 Å². The highest BCUT2D eigenvalue weighted by Gasteiger charge is 2.34. The van der Waals surface area contributed by atoms with Gasteiger partial charge in [0.05, 0.1) is 17.6 Å². The minimum absolute atomic E-state index is 0.00989. The van der Waals surface area contributed by atoms with Gasteiger partial charge >= 0.3 is 0 Å². The van der Waals surface area contributed by atoms with E-state index in [1.165, 1.54) is 37.8 Å². The van der Waals surface area contributed by atoms with E-state index in [0.29, 0.717) is 5.41 Å². The van der Waals surface area contributed by atoms with Gasteiger partial charge in [-0.2, -0.15) is 0 Å². The molecule has 0 atom stereocenters. The summed E-state index contributed by atoms with van der Waals surface area (Å²) in [5.74, 6) is 0. The Morgan fingerprint density at radius 3 is 2.61 bits per heavy atom. The van der Waals surface area contributed by atoms with E-state index in [-0.39, 0.29) is 5.54 Å². The fourth-order valence-electron chi connectivity index (χ4n) is 3.21. The van der Waals surface area contributed by atoms with Crippen molar-refractivity contribution >= 4 is 0 Å². The third-order valence-corrected chi connectivity index (χ3v) is 4.90. The van der Waals surface area contributed by atoms with Crippen molar-refractivity contribution in [3.8, 4) is 0 Å². The van der Waals surface area contributed by atoms with E-state index in [2.05, 4.69) is 35.6 Å². The Morgan fingerprint density at radius 1 is 1.39 bits per heavy atom. The van der Waals surface area contributed by atoms with Gasteiger partial charge in [0.2, 0.25) is 0 Å². The largest absolute Gasteiger partial charge is 0.332 e. The predicted molar refractivity (Wildman–Crippen MR) is 75.5 cm³/mol. The molecule has 0 bridgehead atoms. The molecule has 0 saturated heterocycles. The number of aromatic nitrogens is 2. The molecule has 1 aliphatic rings. The first-order valence-electron chi connectivity index (χ1n) is 7.22. The van der Waals surface area contributed by atoms with Crippen LogP contribution in [0.15, 0.2) is 12.5 Å². The molecule has 2 rings (SSSR count). The Balaban J connectivity index is 2.22. The van der Waals surface area contributed by atoms with E-state index in [9.17, 15) is 0 Å². The predicted octanol–water partition coefficient (Wildman–Crippen LogP) is 3.31. The van der Waals surface area contributed by atoms with Crippen LogP contribution in [0, 0.1) is 5.41 Å². The van der Waals surface area contributed by atoms with Crippen LogP contribution >= 0.6 is 0 Å². The number of rotatable bonds is 5. The lowest BCUT2D eigenvalue weighted by molar-refractivity contribution is 0.228. The average Bonchev–Trinajstić information content (AvgIpc) is 2.99. The van der Waals surface area contributed by atoms with Gasteiger partial charge in [-0.05, 0) is 45.6 Å². The molecule has 1 heterocycles. The molecule has 102 valence electrons. The molecule has 0 unspecified atom stereocenters. The third-order valence-electron chi connectivity index (χ3n) is 4.90. The van der Waals surface area contributed by atoms with Gasteiger partial charge in [0.15, 0.2) is 0 Å². The van der Waals surface area contributed by atoms with Gasteiger partial charge < -0.3 is 9.88 Å². The van der Waals surface area contributed by atoms with Crippen molar-refractivity contribution in [3.05, 3.63) is 18.2 Å². The van der Waals surface area contributed by atoms with Crippen molar-refractivity contribution in [2.24, 2.45) is 5.41 Å². The molecule has 1 saturated carbocycles. The Hall–Kier alpha value is -0.830. The fourth-order valence-corrected chi connectivity index (χ4v) is 3.21. The van der Waals surface area contributed by atoms with Gasteiger partial charge in [-0.1, -0.05) is 19.8 Å². The topological polar surface area (TPSA) is 29.9 Å². The average molecular weight is 249 g/mol. The van der Waals surface area contributed by atoms with Crippen molar-refractivity contribution in [2.75, 3.05) is 7.05 Å². The van der Waals surface area contributed by atoms with Crippen LogP contribution in [0.2, 0.25) is 0 Å². The smallest absolute Gasteiger partial charge is 0.0948 e. The standard InChI is InChI=1S/C15H27N3/c1-5-15(8-6-7-9-15)11-18-12-17-10-13(18)14(2,3)16-4/h10,12,16H,5-9,11H2,1-4H3. The lowest BCUT2D eigenvalue weighted by atomic mass is 9.83. The summed E-state index contributed by atoms with van der Waals surface area (Å²) in [6.07, 6.45) is 10.8. The molecule has 3 heteroatoms. The Labute approximate surface area is 111 Å². The second kappa shape index (κ2) is 5.04. The van der Waals surface area contributed by atoms with E-state index < -0.39 is 0 Å². The first-order valence-corrected chi connectivity index (χ1v) is 7.22. The molecule has 1 aliphatic carbocycles. The Bertz CT molecular complexity index is 386. The van der Waals surface area contributed by atoms with Gasteiger partial charge in [0, 0.05) is 12.7 Å². The van der Waals surface area contributed by atoms with Gasteiger partial charge in [-0.15, -0.1) is 0 Å². The number of nitrogens with zero attached hydrogens (tertiary/aromatic N) is 2. The zero-order chi connectivity index (χ0) is 13.2. The lowest BCUT2D eigenvalue weighted by Gasteiger charge is -2.32. The first-order chi connectivity index (χ1) is 8.53. The van der Waals surface area contributed by atoms with Crippen LogP contribution in [0.1, 0.15) is 58.6 Å². The molecule has 3 nitrogen and oxygen atoms in total. The summed E-state index contributed by atoms with van der Waals surface area (Å²) in [5.41, 5.74) is 1.80. The van der Waals surface area contributed by atoms with E-state index in [4.69, 9.17) is 0 Å². The molecule has 0 spiro atoms. The summed E-state index contributed by atoms with van der Waals surface area (Å²) < 4.78 is 2.37. The summed E-state index contributed by atoms with van der Waals surface area (Å²) in [5, 5.41) is 3.38. The zero-order valence-corrected chi connectivity index (χ0v) is 12.3. The fraction of sp³-hybridized carbons (Fsp3) is 0.800. The van der Waals surface area contributed by atoms with Crippen LogP contribution in [-0.2, 0) is 12.1 Å². The van der Waals surface area contributed by atoms with Crippen molar-refractivity contribution in [2.45, 2.75) is 65.0 Å². The van der Waals surface area contributed by atoms with Crippen molar-refractivity contribution in [1.82, 2.24) is 14.9 Å². The molecule has 1 N–H and O–H groups in total. The Morgan fingerprint density at radius 2 is 2.06 bits per heavy atom. The number of hydrogen-bond donors (Lipinski definition) is 1. The van der Waals surface area contributed by atoms with E-state index in [0.717, 1.165) is 6.54 Å². The van der Waals surface area contributed by atoms with Crippen molar-refractivity contribution < 1.29 is 0 Å². The highest BCUT2D eigenvalue weighted by Crippen LogP contribution is 2.42. The minimum Gasteiger partial charge on any atom is -0.332 e. The molecular formula is C15H27N3. The quantitative estimate of drug-likeness (QED) is 0.867. The Kier molecular flexibility index (Phi) is 3.81. The summed E-state index contributed by atoms with van der Waals surface area (Å²) in [6.45, 7) is 7.90. The molecule has 18 heavy (non-hydrogen) atoms. The van der Waals surface area contributed by atoms with Gasteiger partial charge in [-0.3, -0.25) is 0 Å². The van der Waals surface area contributed by atoms with Gasteiger partial charge in [0.25, 0.3) is 0 Å². The maximum Gasteiger partial charge on any atom is 0.0948 e.